The van der Waals surface area contributed by atoms with E-state index >= 15 is 0 Å². The highest BCUT2D eigenvalue weighted by Gasteiger charge is 2.31. The van der Waals surface area contributed by atoms with E-state index in [0.29, 0.717) is 38.5 Å². The van der Waals surface area contributed by atoms with E-state index in [2.05, 4.69) is 20.6 Å². The van der Waals surface area contributed by atoms with E-state index in [9.17, 15) is 35.6 Å². The van der Waals surface area contributed by atoms with Gasteiger partial charge in [0, 0.05) is 12.8 Å². The number of ether oxygens (including phenoxy) is 3. The average Bonchev–Trinajstić information content (AvgIpc) is 3.76. The summed E-state index contributed by atoms with van der Waals surface area (Å²) in [4.78, 5) is 30.6. The maximum atomic E-state index is 13.8. The number of amides is 1. The number of nitrogens with one attached hydrogen (secondary N) is 1. The van der Waals surface area contributed by atoms with Crippen molar-refractivity contribution >= 4 is 43.5 Å². The Morgan fingerprint density at radius 3 is 2.29 bits per heavy atom. The number of carbonyl (C=O) groups is 2. The zero-order chi connectivity index (χ0) is 36.8. The van der Waals surface area contributed by atoms with Crippen molar-refractivity contribution < 1.29 is 49.8 Å². The van der Waals surface area contributed by atoms with Crippen molar-refractivity contribution in [2.75, 3.05) is 20.4 Å². The number of benzene rings is 3. The van der Waals surface area contributed by atoms with E-state index in [0.717, 1.165) is 30.6 Å². The third kappa shape index (κ3) is 9.77. The number of rotatable bonds is 15. The van der Waals surface area contributed by atoms with Crippen molar-refractivity contribution in [3.05, 3.63) is 95.3 Å². The summed E-state index contributed by atoms with van der Waals surface area (Å²) in [5.41, 5.74) is 0.854. The molecule has 0 aliphatic rings. The fraction of sp³-hybridized carbons (Fsp3) is 0.281. The Morgan fingerprint density at radius 2 is 1.65 bits per heavy atom. The van der Waals surface area contributed by atoms with Gasteiger partial charge in [-0.1, -0.05) is 29.5 Å². The van der Waals surface area contributed by atoms with Gasteiger partial charge in [-0.15, -0.1) is 16.4 Å². The Labute approximate surface area is 292 Å². The highest BCUT2D eigenvalue weighted by atomic mass is 32.2. The lowest BCUT2D eigenvalue weighted by molar-refractivity contribution is -0.145. The molecule has 0 saturated carbocycles. The van der Waals surface area contributed by atoms with Crippen molar-refractivity contribution in [1.29, 1.82) is 0 Å². The summed E-state index contributed by atoms with van der Waals surface area (Å²) in [6.07, 6.45) is -3.20. The molecule has 2 heterocycles. The summed E-state index contributed by atoms with van der Waals surface area (Å²) in [6.45, 7) is -0.896. The second-order valence-corrected chi connectivity index (χ2v) is 13.8. The van der Waals surface area contributed by atoms with Crippen LogP contribution in [0.3, 0.4) is 0 Å². The minimum Gasteiger partial charge on any atom is -0.491 e. The van der Waals surface area contributed by atoms with Crippen LogP contribution in [0.25, 0.3) is 10.2 Å². The van der Waals surface area contributed by atoms with Crippen LogP contribution in [-0.4, -0.2) is 66.7 Å². The highest BCUT2D eigenvalue weighted by molar-refractivity contribution is 7.91. The molecule has 270 valence electrons. The second-order valence-electron chi connectivity index (χ2n) is 11.0. The number of carbonyl (C=O) groups excluding carboxylic acids is 2. The molecule has 1 amide bonds. The van der Waals surface area contributed by atoms with Crippen LogP contribution in [0.4, 0.5) is 17.6 Å². The van der Waals surface area contributed by atoms with Gasteiger partial charge in [-0.3, -0.25) is 4.79 Å². The Kier molecular flexibility index (Phi) is 11.5. The number of thiazole rings is 1. The predicted octanol–water partition coefficient (Wildman–Crippen LogP) is 4.17. The zero-order valence-electron chi connectivity index (χ0n) is 26.7. The Hall–Kier alpha value is -5.14. The molecule has 5 aromatic rings. The van der Waals surface area contributed by atoms with E-state index in [1.165, 1.54) is 23.0 Å². The van der Waals surface area contributed by atoms with Crippen molar-refractivity contribution in [3.63, 3.8) is 0 Å². The minimum absolute atomic E-state index is 0.0431. The number of halogens is 4. The van der Waals surface area contributed by atoms with Gasteiger partial charge < -0.3 is 19.5 Å². The van der Waals surface area contributed by atoms with Crippen LogP contribution in [0.15, 0.2) is 77.3 Å². The fourth-order valence-electron chi connectivity index (χ4n) is 4.86. The minimum atomic E-state index is -4.55. The Balaban J connectivity index is 1.35. The maximum absolute atomic E-state index is 13.8. The van der Waals surface area contributed by atoms with Gasteiger partial charge in [-0.2, -0.15) is 13.2 Å². The van der Waals surface area contributed by atoms with Gasteiger partial charge in [0.1, 0.15) is 49.2 Å². The first-order chi connectivity index (χ1) is 24.2. The molecule has 0 fully saturated rings. The summed E-state index contributed by atoms with van der Waals surface area (Å²) >= 11 is 0.884. The monoisotopic (exact) mass is 750 g/mol. The van der Waals surface area contributed by atoms with Crippen LogP contribution in [-0.2, 0) is 50.0 Å². The van der Waals surface area contributed by atoms with E-state index < -0.39 is 52.4 Å². The molecular weight excluding hydrogens is 721 g/mol. The number of aromatic nitrogens is 4. The average molecular weight is 751 g/mol. The first-order valence-corrected chi connectivity index (χ1v) is 17.4. The molecule has 2 atom stereocenters. The summed E-state index contributed by atoms with van der Waals surface area (Å²) in [7, 11) is -2.86. The predicted molar refractivity (Wildman–Crippen MR) is 175 cm³/mol. The number of nitrogens with zero attached hydrogens (tertiary/aromatic N) is 4. The number of nitrogens with two attached hydrogens (primary N) is 1. The van der Waals surface area contributed by atoms with E-state index in [4.69, 9.17) is 19.3 Å². The van der Waals surface area contributed by atoms with Gasteiger partial charge >= 0.3 is 12.1 Å². The van der Waals surface area contributed by atoms with Crippen molar-refractivity contribution in [3.8, 4) is 11.5 Å². The number of fused-ring (bicyclic) bond motifs is 1. The topological polar surface area (TPSA) is 178 Å². The van der Waals surface area contributed by atoms with Gasteiger partial charge in [0.15, 0.2) is 0 Å². The zero-order valence-corrected chi connectivity index (χ0v) is 28.3. The van der Waals surface area contributed by atoms with Gasteiger partial charge in [-0.05, 0) is 53.6 Å². The third-order valence-electron chi connectivity index (χ3n) is 7.37. The molecule has 19 heteroatoms. The molecular formula is C32H30F4N6O7S2. The number of esters is 1. The standard InChI is InChI=1S/C32H30F4N6O7S2/c1-47-30(44)26(14-19-2-6-21(7-3-19)32(34,35)36)38-29(43)27(15-20-4-8-23(9-5-20)48-13-12-33)42-17-22(40-41-42)18-49-24-10-11-25-28(16-24)50-31(39-25)51(37,45)46/h2-11,16-17,26-27H,12-15,18H2,1H3,(H,38,43)(H2,37,45,46)/t26-,27-/m0/s1. The number of sulfonamides is 1. The first-order valence-electron chi connectivity index (χ1n) is 15.0. The number of hydrogen-bond donors (Lipinski definition) is 2. The van der Waals surface area contributed by atoms with E-state index in [1.54, 1.807) is 42.5 Å². The van der Waals surface area contributed by atoms with Crippen LogP contribution in [0, 0.1) is 0 Å². The van der Waals surface area contributed by atoms with Gasteiger partial charge in [-0.25, -0.2) is 32.4 Å². The molecule has 3 N–H and O–H groups in total. The van der Waals surface area contributed by atoms with Crippen LogP contribution >= 0.6 is 11.3 Å². The molecule has 5 rings (SSSR count). The molecule has 0 saturated heterocycles. The lowest BCUT2D eigenvalue weighted by Crippen LogP contribution is -2.46. The van der Waals surface area contributed by atoms with Crippen LogP contribution in [0.1, 0.15) is 28.4 Å². The van der Waals surface area contributed by atoms with Gasteiger partial charge in [0.2, 0.25) is 10.2 Å². The Bertz CT molecular complexity index is 2090. The lowest BCUT2D eigenvalue weighted by Gasteiger charge is -2.22. The first kappa shape index (κ1) is 37.1. The highest BCUT2D eigenvalue weighted by Crippen LogP contribution is 2.30. The van der Waals surface area contributed by atoms with E-state index in [-0.39, 0.29) is 30.4 Å². The summed E-state index contributed by atoms with van der Waals surface area (Å²) in [6, 6.07) is 13.1. The molecule has 51 heavy (non-hydrogen) atoms. The molecule has 0 radical (unpaired) electrons. The number of primary sulfonamides is 1. The molecule has 13 nitrogen and oxygen atoms in total. The summed E-state index contributed by atoms with van der Waals surface area (Å²) in [5.74, 6) is -0.709. The number of hydrogen-bond acceptors (Lipinski definition) is 11. The molecule has 0 bridgehead atoms. The van der Waals surface area contributed by atoms with Crippen molar-refractivity contribution in [2.24, 2.45) is 5.14 Å². The van der Waals surface area contributed by atoms with E-state index in [1.807, 2.05) is 0 Å². The van der Waals surface area contributed by atoms with Crippen molar-refractivity contribution in [2.45, 2.75) is 42.0 Å². The molecule has 2 aromatic heterocycles. The molecule has 0 aliphatic carbocycles. The normalized spacial score (nSPS) is 13.1. The third-order valence-corrected chi connectivity index (χ3v) is 9.71. The SMILES string of the molecule is COC(=O)[C@H](Cc1ccc(C(F)(F)F)cc1)NC(=O)[C@H](Cc1ccc(OCCF)cc1)n1cc(COc2ccc3nc(S(N)(=O)=O)sc3c2)nn1. The van der Waals surface area contributed by atoms with Crippen LogP contribution < -0.4 is 19.9 Å². The quantitative estimate of drug-likeness (QED) is 0.117. The number of methoxy groups -OCH3 is 1. The van der Waals surface area contributed by atoms with Crippen LogP contribution in [0.5, 0.6) is 11.5 Å². The summed E-state index contributed by atoms with van der Waals surface area (Å²) in [5, 5.41) is 16.1. The molecule has 0 spiro atoms. The second kappa shape index (κ2) is 15.8. The number of alkyl halides is 4. The summed E-state index contributed by atoms with van der Waals surface area (Å²) < 4.78 is 92.7. The smallest absolute Gasteiger partial charge is 0.416 e. The van der Waals surface area contributed by atoms with Crippen LogP contribution in [0.2, 0.25) is 0 Å². The largest absolute Gasteiger partial charge is 0.491 e. The van der Waals surface area contributed by atoms with Gasteiger partial charge in [0.25, 0.3) is 10.0 Å². The molecule has 0 unspecified atom stereocenters. The molecule has 0 aliphatic heterocycles. The maximum Gasteiger partial charge on any atom is 0.416 e. The lowest BCUT2D eigenvalue weighted by atomic mass is 10.0. The molecule has 3 aromatic carbocycles. The Morgan fingerprint density at radius 1 is 0.980 bits per heavy atom. The van der Waals surface area contributed by atoms with Gasteiger partial charge in [0.05, 0.1) is 29.1 Å². The van der Waals surface area contributed by atoms with Crippen molar-refractivity contribution in [1.82, 2.24) is 25.3 Å². The fourth-order valence-corrected chi connectivity index (χ4v) is 6.55.